The minimum Gasteiger partial charge on any atom is -0.483 e. The molecule has 0 saturated heterocycles. The predicted octanol–water partition coefficient (Wildman–Crippen LogP) is 3.69. The number of carbonyl (C=O) groups is 1. The average Bonchev–Trinajstić information content (AvgIpc) is 3.33. The highest BCUT2D eigenvalue weighted by atomic mass is 79.9. The third-order valence-corrected chi connectivity index (χ3v) is 3.90. The fraction of sp³-hybridized carbons (Fsp3) is 0.312. The van der Waals surface area contributed by atoms with Crippen LogP contribution >= 0.6 is 15.9 Å². The third-order valence-electron chi connectivity index (χ3n) is 3.47. The van der Waals surface area contributed by atoms with Crippen LogP contribution in [0.1, 0.15) is 40.5 Å². The van der Waals surface area contributed by atoms with Gasteiger partial charge in [-0.15, -0.1) is 0 Å². The van der Waals surface area contributed by atoms with Crippen LogP contribution in [0.15, 0.2) is 35.1 Å². The summed E-state index contributed by atoms with van der Waals surface area (Å²) in [5.74, 6) is 1.13. The van der Waals surface area contributed by atoms with Gasteiger partial charge in [0.15, 0.2) is 6.61 Å². The molecule has 3 rings (SSSR count). The van der Waals surface area contributed by atoms with Gasteiger partial charge in [-0.3, -0.25) is 14.8 Å². The van der Waals surface area contributed by atoms with E-state index in [1.54, 1.807) is 12.4 Å². The Balaban J connectivity index is 1.64. The van der Waals surface area contributed by atoms with Gasteiger partial charge in [0, 0.05) is 34.0 Å². The van der Waals surface area contributed by atoms with Gasteiger partial charge in [-0.1, -0.05) is 0 Å². The van der Waals surface area contributed by atoms with Crippen LogP contribution in [-0.4, -0.2) is 22.4 Å². The van der Waals surface area contributed by atoms with Crippen molar-refractivity contribution in [3.05, 3.63) is 52.0 Å². The molecule has 5 heteroatoms. The Morgan fingerprint density at radius 2 is 2.14 bits per heavy atom. The number of hydrogen-bond acceptors (Lipinski definition) is 4. The van der Waals surface area contributed by atoms with E-state index in [2.05, 4.69) is 25.9 Å². The third kappa shape index (κ3) is 3.47. The van der Waals surface area contributed by atoms with Crippen LogP contribution in [0.4, 0.5) is 0 Å². The quantitative estimate of drug-likeness (QED) is 0.774. The first-order chi connectivity index (χ1) is 10.1. The predicted molar refractivity (Wildman–Crippen MR) is 82.7 cm³/mol. The Kier molecular flexibility index (Phi) is 4.01. The molecular weight excluding hydrogens is 332 g/mol. The lowest BCUT2D eigenvalue weighted by atomic mass is 10.1. The van der Waals surface area contributed by atoms with Gasteiger partial charge < -0.3 is 4.74 Å². The van der Waals surface area contributed by atoms with Gasteiger partial charge in [-0.25, -0.2) is 0 Å². The number of rotatable bonds is 5. The van der Waals surface area contributed by atoms with Gasteiger partial charge >= 0.3 is 0 Å². The largest absolute Gasteiger partial charge is 0.483 e. The number of pyridine rings is 2. The summed E-state index contributed by atoms with van der Waals surface area (Å²) >= 11 is 3.34. The van der Waals surface area contributed by atoms with Crippen molar-refractivity contribution in [2.75, 3.05) is 6.61 Å². The molecule has 0 spiro atoms. The standard InChI is InChI=1S/C16H15BrN2O2/c1-10-16(6-13(17)8-18-10)21-9-15(20)12-4-5-14(19-7-12)11-2-3-11/h4-8,11H,2-3,9H2,1H3. The van der Waals surface area contributed by atoms with Crippen LogP contribution in [0.3, 0.4) is 0 Å². The van der Waals surface area contributed by atoms with E-state index in [0.717, 1.165) is 15.9 Å². The zero-order valence-electron chi connectivity index (χ0n) is 11.7. The van der Waals surface area contributed by atoms with Crippen molar-refractivity contribution in [2.45, 2.75) is 25.7 Å². The summed E-state index contributed by atoms with van der Waals surface area (Å²) in [6.07, 6.45) is 5.76. The normalized spacial score (nSPS) is 14.0. The summed E-state index contributed by atoms with van der Waals surface area (Å²) in [6.45, 7) is 1.83. The van der Waals surface area contributed by atoms with E-state index in [1.807, 2.05) is 25.1 Å². The van der Waals surface area contributed by atoms with Gasteiger partial charge in [0.2, 0.25) is 5.78 Å². The van der Waals surface area contributed by atoms with Crippen LogP contribution in [0, 0.1) is 6.92 Å². The van der Waals surface area contributed by atoms with Crippen LogP contribution in [-0.2, 0) is 0 Å². The van der Waals surface area contributed by atoms with E-state index in [-0.39, 0.29) is 12.4 Å². The number of nitrogens with zero attached hydrogens (tertiary/aromatic N) is 2. The average molecular weight is 347 g/mol. The minimum absolute atomic E-state index is 0.0105. The summed E-state index contributed by atoms with van der Waals surface area (Å²) in [6, 6.07) is 5.58. The number of aromatic nitrogens is 2. The highest BCUT2D eigenvalue weighted by molar-refractivity contribution is 9.10. The van der Waals surface area contributed by atoms with E-state index >= 15 is 0 Å². The first-order valence-electron chi connectivity index (χ1n) is 6.87. The fourth-order valence-corrected chi connectivity index (χ4v) is 2.36. The van der Waals surface area contributed by atoms with Crippen molar-refractivity contribution >= 4 is 21.7 Å². The second-order valence-electron chi connectivity index (χ2n) is 5.19. The number of Topliss-reactive ketones (excluding diaryl/α,β-unsaturated/α-hetero) is 1. The topological polar surface area (TPSA) is 52.1 Å². The smallest absolute Gasteiger partial charge is 0.201 e. The number of aryl methyl sites for hydroxylation is 1. The highest BCUT2D eigenvalue weighted by Gasteiger charge is 2.24. The molecule has 108 valence electrons. The lowest BCUT2D eigenvalue weighted by Crippen LogP contribution is -2.12. The van der Waals surface area contributed by atoms with E-state index in [4.69, 9.17) is 4.74 Å². The van der Waals surface area contributed by atoms with E-state index < -0.39 is 0 Å². The zero-order chi connectivity index (χ0) is 14.8. The Morgan fingerprint density at radius 1 is 1.33 bits per heavy atom. The Hall–Kier alpha value is -1.75. The molecule has 0 bridgehead atoms. The van der Waals surface area contributed by atoms with E-state index in [9.17, 15) is 4.79 Å². The zero-order valence-corrected chi connectivity index (χ0v) is 13.3. The van der Waals surface area contributed by atoms with Crippen molar-refractivity contribution in [1.29, 1.82) is 0 Å². The number of halogens is 1. The number of ketones is 1. The Labute approximate surface area is 131 Å². The molecule has 2 aromatic heterocycles. The van der Waals surface area contributed by atoms with Crippen molar-refractivity contribution in [3.63, 3.8) is 0 Å². The van der Waals surface area contributed by atoms with Crippen molar-refractivity contribution < 1.29 is 9.53 Å². The molecule has 1 fully saturated rings. The Bertz CT molecular complexity index is 666. The van der Waals surface area contributed by atoms with Gasteiger partial charge in [0.05, 0.1) is 5.69 Å². The summed E-state index contributed by atoms with van der Waals surface area (Å²) < 4.78 is 6.38. The highest BCUT2D eigenvalue weighted by Crippen LogP contribution is 2.38. The fourth-order valence-electron chi connectivity index (χ4n) is 2.05. The van der Waals surface area contributed by atoms with Crippen LogP contribution < -0.4 is 4.74 Å². The number of carbonyl (C=O) groups excluding carboxylic acids is 1. The summed E-state index contributed by atoms with van der Waals surface area (Å²) in [5, 5.41) is 0. The van der Waals surface area contributed by atoms with Gasteiger partial charge in [-0.2, -0.15) is 0 Å². The maximum Gasteiger partial charge on any atom is 0.201 e. The molecule has 1 aliphatic carbocycles. The molecule has 21 heavy (non-hydrogen) atoms. The monoisotopic (exact) mass is 346 g/mol. The first-order valence-corrected chi connectivity index (χ1v) is 7.67. The molecule has 0 aromatic carbocycles. The van der Waals surface area contributed by atoms with Crippen LogP contribution in [0.2, 0.25) is 0 Å². The van der Waals surface area contributed by atoms with Crippen molar-refractivity contribution in [3.8, 4) is 5.75 Å². The molecule has 1 aliphatic rings. The van der Waals surface area contributed by atoms with Gasteiger partial charge in [-0.05, 0) is 53.9 Å². The minimum atomic E-state index is -0.0794. The molecule has 4 nitrogen and oxygen atoms in total. The molecule has 0 N–H and O–H groups in total. The summed E-state index contributed by atoms with van der Waals surface area (Å²) in [4.78, 5) is 20.6. The van der Waals surface area contributed by atoms with Gasteiger partial charge in [0.25, 0.3) is 0 Å². The molecular formula is C16H15BrN2O2. The van der Waals surface area contributed by atoms with Crippen molar-refractivity contribution in [2.24, 2.45) is 0 Å². The molecule has 0 unspecified atom stereocenters. The van der Waals surface area contributed by atoms with Crippen molar-refractivity contribution in [1.82, 2.24) is 9.97 Å². The molecule has 2 aromatic rings. The maximum atomic E-state index is 12.1. The Morgan fingerprint density at radius 3 is 2.81 bits per heavy atom. The van der Waals surface area contributed by atoms with E-state index in [1.165, 1.54) is 12.8 Å². The number of hydrogen-bond donors (Lipinski definition) is 0. The summed E-state index contributed by atoms with van der Waals surface area (Å²) in [7, 11) is 0. The van der Waals surface area contributed by atoms with Crippen LogP contribution in [0.5, 0.6) is 5.75 Å². The maximum absolute atomic E-state index is 12.1. The molecule has 0 atom stereocenters. The van der Waals surface area contributed by atoms with Gasteiger partial charge in [0.1, 0.15) is 5.75 Å². The SMILES string of the molecule is Cc1ncc(Br)cc1OCC(=O)c1ccc(C2CC2)nc1. The van der Waals surface area contributed by atoms with Crippen LogP contribution in [0.25, 0.3) is 0 Å². The first kappa shape index (κ1) is 14.2. The second kappa shape index (κ2) is 5.93. The molecule has 0 amide bonds. The lowest BCUT2D eigenvalue weighted by molar-refractivity contribution is 0.0920. The van der Waals surface area contributed by atoms with E-state index in [0.29, 0.717) is 17.2 Å². The molecule has 0 radical (unpaired) electrons. The lowest BCUT2D eigenvalue weighted by Gasteiger charge is -2.08. The molecule has 0 aliphatic heterocycles. The molecule has 2 heterocycles. The second-order valence-corrected chi connectivity index (χ2v) is 6.11. The molecule has 1 saturated carbocycles. The number of ether oxygens (including phenoxy) is 1. The summed E-state index contributed by atoms with van der Waals surface area (Å²) in [5.41, 5.74) is 2.42.